The summed E-state index contributed by atoms with van der Waals surface area (Å²) < 4.78 is 41.8. The van der Waals surface area contributed by atoms with Crippen LogP contribution in [0.15, 0.2) is 41.8 Å². The first kappa shape index (κ1) is 15.6. The molecule has 0 saturated heterocycles. The monoisotopic (exact) mass is 339 g/mol. The van der Waals surface area contributed by atoms with Gasteiger partial charge < -0.3 is 4.57 Å². The molecule has 0 atom stereocenters. The zero-order valence-corrected chi connectivity index (χ0v) is 12.8. The van der Waals surface area contributed by atoms with E-state index in [1.165, 1.54) is 30.2 Å². The van der Waals surface area contributed by atoms with Crippen molar-refractivity contribution in [2.75, 3.05) is 0 Å². The molecule has 0 aliphatic heterocycles. The molecule has 0 aliphatic carbocycles. The van der Waals surface area contributed by atoms with Crippen molar-refractivity contribution in [1.82, 2.24) is 24.3 Å². The number of imidazole rings is 1. The Balaban J connectivity index is 1.80. The Morgan fingerprint density at radius 2 is 2.00 bits per heavy atom. The summed E-state index contributed by atoms with van der Waals surface area (Å²) in [5.74, 6) is 0.427. The van der Waals surface area contributed by atoms with E-state index in [4.69, 9.17) is 0 Å². The minimum atomic E-state index is -2.64. The number of hydrogen-bond donors (Lipinski definition) is 0. The second-order valence-corrected chi connectivity index (χ2v) is 5.60. The maximum absolute atomic E-state index is 13.8. The van der Waals surface area contributed by atoms with Gasteiger partial charge in [0, 0.05) is 19.4 Å². The third kappa shape index (κ3) is 3.09. The lowest BCUT2D eigenvalue weighted by atomic mass is 10.2. The summed E-state index contributed by atoms with van der Waals surface area (Å²) in [7, 11) is 1.70. The van der Waals surface area contributed by atoms with E-state index < -0.39 is 12.4 Å². The highest BCUT2D eigenvalue weighted by atomic mass is 32.2. The summed E-state index contributed by atoms with van der Waals surface area (Å²) in [6.07, 6.45) is 2.55. The third-order valence-electron chi connectivity index (χ3n) is 3.24. The van der Waals surface area contributed by atoms with Crippen LogP contribution in [-0.4, -0.2) is 24.3 Å². The van der Waals surface area contributed by atoms with E-state index >= 15 is 0 Å². The highest BCUT2D eigenvalue weighted by molar-refractivity contribution is 7.98. The molecule has 2 aromatic heterocycles. The van der Waals surface area contributed by atoms with Gasteiger partial charge in [0.15, 0.2) is 11.0 Å². The fourth-order valence-corrected chi connectivity index (χ4v) is 2.94. The summed E-state index contributed by atoms with van der Waals surface area (Å²) in [4.78, 5) is 3.91. The summed E-state index contributed by atoms with van der Waals surface area (Å²) in [6.45, 7) is -2.64. The van der Waals surface area contributed by atoms with Crippen molar-refractivity contribution in [2.45, 2.75) is 17.5 Å². The van der Waals surface area contributed by atoms with Gasteiger partial charge in [0.2, 0.25) is 0 Å². The molecule has 120 valence electrons. The van der Waals surface area contributed by atoms with Crippen LogP contribution in [0.4, 0.5) is 13.2 Å². The van der Waals surface area contributed by atoms with E-state index in [1.807, 2.05) is 0 Å². The van der Waals surface area contributed by atoms with Gasteiger partial charge in [-0.05, 0) is 12.1 Å². The molecule has 0 fully saturated rings. The number of aromatic nitrogens is 5. The lowest BCUT2D eigenvalue weighted by Crippen LogP contribution is -2.03. The topological polar surface area (TPSA) is 48.5 Å². The average Bonchev–Trinajstić information content (AvgIpc) is 3.13. The number of hydrogen-bond acceptors (Lipinski definition) is 4. The van der Waals surface area contributed by atoms with Gasteiger partial charge in [0.25, 0.3) is 0 Å². The van der Waals surface area contributed by atoms with Crippen LogP contribution in [0.1, 0.15) is 12.4 Å². The third-order valence-corrected chi connectivity index (χ3v) is 4.26. The molecule has 1 aromatic carbocycles. The molecule has 3 aromatic rings. The van der Waals surface area contributed by atoms with Gasteiger partial charge in [-0.3, -0.25) is 4.57 Å². The number of benzene rings is 1. The zero-order valence-electron chi connectivity index (χ0n) is 12.0. The average molecular weight is 339 g/mol. The second kappa shape index (κ2) is 6.45. The van der Waals surface area contributed by atoms with Crippen molar-refractivity contribution < 1.29 is 13.2 Å². The van der Waals surface area contributed by atoms with Gasteiger partial charge in [-0.2, -0.15) is 8.78 Å². The van der Waals surface area contributed by atoms with Crippen molar-refractivity contribution in [3.63, 3.8) is 0 Å². The predicted molar refractivity (Wildman–Crippen MR) is 79.4 cm³/mol. The quantitative estimate of drug-likeness (QED) is 0.668. The first-order chi connectivity index (χ1) is 11.1. The molecule has 0 spiro atoms. The summed E-state index contributed by atoms with van der Waals surface area (Å²) >= 11 is 1.21. The van der Waals surface area contributed by atoms with E-state index in [9.17, 15) is 13.2 Å². The van der Waals surface area contributed by atoms with Crippen LogP contribution in [0, 0.1) is 5.82 Å². The predicted octanol–water partition coefficient (Wildman–Crippen LogP) is 3.51. The van der Waals surface area contributed by atoms with E-state index in [-0.39, 0.29) is 11.6 Å². The van der Waals surface area contributed by atoms with Crippen LogP contribution in [0.25, 0.3) is 11.4 Å². The molecule has 0 saturated carbocycles. The zero-order chi connectivity index (χ0) is 16.4. The molecule has 0 bridgehead atoms. The van der Waals surface area contributed by atoms with Crippen LogP contribution in [0.5, 0.6) is 0 Å². The molecule has 0 unspecified atom stereocenters. The maximum Gasteiger partial charge on any atom is 0.319 e. The molecule has 3 rings (SSSR count). The van der Waals surface area contributed by atoms with Crippen molar-refractivity contribution in [3.05, 3.63) is 48.3 Å². The van der Waals surface area contributed by atoms with Crippen LogP contribution < -0.4 is 0 Å². The fourth-order valence-electron chi connectivity index (χ4n) is 2.08. The number of alkyl halides is 2. The molecule has 0 amide bonds. The number of halogens is 3. The molecule has 9 heteroatoms. The lowest BCUT2D eigenvalue weighted by molar-refractivity contribution is 0.0678. The SMILES string of the molecule is Cn1c(SCc2nccn2C(F)F)nnc1-c1ccccc1F. The molecular formula is C14H12F3N5S. The maximum atomic E-state index is 13.8. The highest BCUT2D eigenvalue weighted by Gasteiger charge is 2.16. The van der Waals surface area contributed by atoms with E-state index in [0.717, 1.165) is 4.57 Å². The lowest BCUT2D eigenvalue weighted by Gasteiger charge is -2.06. The molecule has 5 nitrogen and oxygen atoms in total. The van der Waals surface area contributed by atoms with E-state index in [1.54, 1.807) is 29.8 Å². The second-order valence-electron chi connectivity index (χ2n) is 4.66. The van der Waals surface area contributed by atoms with Crippen LogP contribution >= 0.6 is 11.8 Å². The van der Waals surface area contributed by atoms with Gasteiger partial charge >= 0.3 is 6.55 Å². The molecule has 0 radical (unpaired) electrons. The largest absolute Gasteiger partial charge is 0.319 e. The summed E-state index contributed by atoms with van der Waals surface area (Å²) in [5, 5.41) is 8.47. The Morgan fingerprint density at radius 3 is 2.74 bits per heavy atom. The van der Waals surface area contributed by atoms with Crippen LogP contribution in [-0.2, 0) is 12.8 Å². The minimum Gasteiger partial charge on any atom is -0.305 e. The van der Waals surface area contributed by atoms with Gasteiger partial charge in [0.1, 0.15) is 11.6 Å². The van der Waals surface area contributed by atoms with Crippen LogP contribution in [0.3, 0.4) is 0 Å². The Bertz CT molecular complexity index is 814. The Labute approximate surface area is 134 Å². The first-order valence-electron chi connectivity index (χ1n) is 6.65. The first-order valence-corrected chi connectivity index (χ1v) is 7.63. The number of thioether (sulfide) groups is 1. The Hall–Kier alpha value is -2.29. The highest BCUT2D eigenvalue weighted by Crippen LogP contribution is 2.27. The number of rotatable bonds is 5. The molecular weight excluding hydrogens is 327 g/mol. The molecule has 0 aliphatic rings. The normalized spacial score (nSPS) is 11.3. The van der Waals surface area contributed by atoms with Crippen molar-refractivity contribution in [2.24, 2.45) is 7.05 Å². The molecule has 0 N–H and O–H groups in total. The van der Waals surface area contributed by atoms with Crippen molar-refractivity contribution in [1.29, 1.82) is 0 Å². The summed E-state index contributed by atoms with van der Waals surface area (Å²) in [5.41, 5.74) is 0.337. The Morgan fingerprint density at radius 1 is 1.22 bits per heavy atom. The van der Waals surface area contributed by atoms with Crippen molar-refractivity contribution >= 4 is 11.8 Å². The molecule has 23 heavy (non-hydrogen) atoms. The standard InChI is InChI=1S/C14H12F3N5S/c1-21-12(9-4-2-3-5-10(9)15)19-20-14(21)23-8-11-18-6-7-22(11)13(16)17/h2-7,13H,8H2,1H3. The molecule has 2 heterocycles. The van der Waals surface area contributed by atoms with Crippen LogP contribution in [0.2, 0.25) is 0 Å². The summed E-state index contributed by atoms with van der Waals surface area (Å²) in [6, 6.07) is 6.25. The minimum absolute atomic E-state index is 0.209. The van der Waals surface area contributed by atoms with Crippen molar-refractivity contribution in [3.8, 4) is 11.4 Å². The van der Waals surface area contributed by atoms with Gasteiger partial charge in [-0.25, -0.2) is 9.37 Å². The Kier molecular flexibility index (Phi) is 4.37. The van der Waals surface area contributed by atoms with E-state index in [0.29, 0.717) is 16.5 Å². The van der Waals surface area contributed by atoms with Gasteiger partial charge in [-0.15, -0.1) is 10.2 Å². The van der Waals surface area contributed by atoms with E-state index in [2.05, 4.69) is 15.2 Å². The fraction of sp³-hybridized carbons (Fsp3) is 0.214. The van der Waals surface area contributed by atoms with Gasteiger partial charge in [0.05, 0.1) is 11.3 Å². The van der Waals surface area contributed by atoms with Gasteiger partial charge in [-0.1, -0.05) is 23.9 Å². The smallest absolute Gasteiger partial charge is 0.305 e. The number of nitrogens with zero attached hydrogens (tertiary/aromatic N) is 5.